The molecule has 5 aliphatic rings. The number of aromatic carboxylic acids is 1. The van der Waals surface area contributed by atoms with Gasteiger partial charge in [-0.25, -0.2) is 13.9 Å². The highest BCUT2D eigenvalue weighted by Crippen LogP contribution is 2.38. The average Bonchev–Trinajstić information content (AvgIpc) is 4.09. The third-order valence-electron chi connectivity index (χ3n) is 14.1. The van der Waals surface area contributed by atoms with E-state index in [2.05, 4.69) is 15.6 Å². The molecule has 0 bridgehead atoms. The Bertz CT molecular complexity index is 2390. The van der Waals surface area contributed by atoms with E-state index in [1.807, 2.05) is 9.80 Å². The van der Waals surface area contributed by atoms with Gasteiger partial charge in [0.25, 0.3) is 0 Å². The number of benzene rings is 1. The van der Waals surface area contributed by atoms with Crippen molar-refractivity contribution in [3.05, 3.63) is 51.8 Å². The van der Waals surface area contributed by atoms with Gasteiger partial charge in [0.1, 0.15) is 72.4 Å². The maximum atomic E-state index is 15.5. The number of aromatic nitrogens is 4. The number of fused-ring (bicyclic) bond motifs is 1. The molecule has 5 fully saturated rings. The van der Waals surface area contributed by atoms with E-state index in [0.29, 0.717) is 62.5 Å². The molecular weight excluding hydrogens is 944 g/mol. The molecule has 5 heterocycles. The maximum Gasteiger partial charge on any atom is 0.341 e. The zero-order valence-electron chi connectivity index (χ0n) is 38.7. The molecule has 71 heavy (non-hydrogen) atoms. The lowest BCUT2D eigenvalue weighted by atomic mass is 9.83. The first kappa shape index (κ1) is 52.9. The Balaban J connectivity index is 0.830. The number of nitrogens with one attached hydrogen (secondary N) is 1. The molecule has 16 N–H and O–H groups in total. The summed E-state index contributed by atoms with van der Waals surface area (Å²) in [6.45, 7) is 1.34. The van der Waals surface area contributed by atoms with Gasteiger partial charge in [0, 0.05) is 75.6 Å². The van der Waals surface area contributed by atoms with Crippen LogP contribution in [0.25, 0.3) is 10.9 Å². The van der Waals surface area contributed by atoms with Gasteiger partial charge < -0.3 is 96.9 Å². The number of β-amino-alcohol motifs (C(OH)–C–C–N with tert-alkyl or cyclic N) is 1. The summed E-state index contributed by atoms with van der Waals surface area (Å²) < 4.78 is 41.9. The molecule has 16 atom stereocenters. The van der Waals surface area contributed by atoms with E-state index in [0.717, 1.165) is 18.9 Å². The van der Waals surface area contributed by atoms with Crippen LogP contribution in [0.4, 0.5) is 10.1 Å². The molecule has 26 nitrogen and oxygen atoms in total. The summed E-state index contributed by atoms with van der Waals surface area (Å²) in [5.41, 5.74) is 18.4. The van der Waals surface area contributed by atoms with Gasteiger partial charge in [0.2, 0.25) is 11.3 Å². The minimum Gasteiger partial charge on any atom is -0.477 e. The number of nitrogens with two attached hydrogens (primary N) is 3. The number of hydrogen-bond donors (Lipinski definition) is 13. The van der Waals surface area contributed by atoms with Gasteiger partial charge >= 0.3 is 5.97 Å². The molecule has 1 amide bonds. The number of carboxylic acids is 1. The number of hydrogen-bond acceptors (Lipinski definition) is 22. The molecule has 2 aromatic heterocycles. The Morgan fingerprint density at radius 1 is 0.887 bits per heavy atom. The Labute approximate surface area is 405 Å². The zero-order valence-corrected chi connectivity index (χ0v) is 38.7. The largest absolute Gasteiger partial charge is 0.477 e. The molecule has 1 aromatic carbocycles. The van der Waals surface area contributed by atoms with Crippen LogP contribution < -0.4 is 32.8 Å². The van der Waals surface area contributed by atoms with Crippen molar-refractivity contribution >= 4 is 28.5 Å². The molecule has 394 valence electrons. The number of aliphatic hydroxyl groups is 8. The standard InChI is InChI=1S/C44H65FN10O16/c45-24-10-22-27(55(20-4-5-20)17-23(33(22)59)42(66)67)12-28(24)53-8-6-52(7-9-53)15-21(57)16-54-14-19(50-51-54)2-1-3-31(58)49-26-11-25(47)40(70-44-38(64)37(63)35(61)29(13-46)68-44)39(65)41(26)71-43-36(62)32(48)34(60)30(18-56)69-43/h10,12,14,17,20-21,25-26,29-30,32,34-41,43-44,56-57,60-65H,1-9,11,13,15-16,18,46-48H2,(H,49,58)(H,66,67)/t21?,25-,26+,29+,30+,32-,34+,35+,36+,37-,38+,39-,40+,41-,43+,44+/m0/s1. The quantitative estimate of drug-likeness (QED) is 0.0564. The molecule has 2 aliphatic carbocycles. The third kappa shape index (κ3) is 11.5. The smallest absolute Gasteiger partial charge is 0.341 e. The monoisotopic (exact) mass is 1010 g/mol. The summed E-state index contributed by atoms with van der Waals surface area (Å²) in [6.07, 6.45) is -14.1. The van der Waals surface area contributed by atoms with Crippen molar-refractivity contribution in [3.63, 3.8) is 0 Å². The van der Waals surface area contributed by atoms with E-state index in [9.17, 15) is 60.3 Å². The number of aryl methyl sites for hydroxylation is 1. The minimum atomic E-state index is -1.79. The van der Waals surface area contributed by atoms with E-state index in [1.54, 1.807) is 16.8 Å². The molecule has 0 radical (unpaired) electrons. The summed E-state index contributed by atoms with van der Waals surface area (Å²) in [4.78, 5) is 42.0. The molecule has 8 rings (SSSR count). The highest BCUT2D eigenvalue weighted by Gasteiger charge is 2.52. The predicted molar refractivity (Wildman–Crippen MR) is 243 cm³/mol. The highest BCUT2D eigenvalue weighted by molar-refractivity contribution is 5.93. The lowest BCUT2D eigenvalue weighted by molar-refractivity contribution is -0.332. The molecule has 2 saturated carbocycles. The first-order chi connectivity index (χ1) is 33.9. The number of carboxylic acid groups (broad SMARTS) is 1. The number of ether oxygens (including phenoxy) is 4. The van der Waals surface area contributed by atoms with Crippen LogP contribution in [0.5, 0.6) is 0 Å². The molecule has 3 saturated heterocycles. The van der Waals surface area contributed by atoms with Crippen molar-refractivity contribution in [1.29, 1.82) is 0 Å². The number of carbonyl (C=O) groups excluding carboxylic acids is 1. The van der Waals surface area contributed by atoms with Crippen LogP contribution in [0, 0.1) is 5.82 Å². The molecule has 3 aromatic rings. The minimum absolute atomic E-state index is 0.0243. The third-order valence-corrected chi connectivity index (χ3v) is 14.1. The number of carbonyl (C=O) groups is 2. The van der Waals surface area contributed by atoms with Crippen molar-refractivity contribution in [2.24, 2.45) is 17.2 Å². The summed E-state index contributed by atoms with van der Waals surface area (Å²) in [7, 11) is 0. The van der Waals surface area contributed by atoms with Crippen LogP contribution in [0.2, 0.25) is 0 Å². The fourth-order valence-corrected chi connectivity index (χ4v) is 9.90. The Hall–Kier alpha value is -4.40. The average molecular weight is 1010 g/mol. The van der Waals surface area contributed by atoms with Crippen molar-refractivity contribution in [1.82, 2.24) is 29.8 Å². The van der Waals surface area contributed by atoms with E-state index in [-0.39, 0.29) is 37.4 Å². The number of rotatable bonds is 18. The van der Waals surface area contributed by atoms with Gasteiger partial charge in [-0.05, 0) is 44.2 Å². The Morgan fingerprint density at radius 2 is 1.58 bits per heavy atom. The van der Waals surface area contributed by atoms with Gasteiger partial charge in [0.15, 0.2) is 12.6 Å². The molecule has 27 heteroatoms. The van der Waals surface area contributed by atoms with Gasteiger partial charge in [-0.2, -0.15) is 0 Å². The fourth-order valence-electron chi connectivity index (χ4n) is 9.90. The van der Waals surface area contributed by atoms with E-state index in [1.165, 1.54) is 10.9 Å². The number of halogens is 1. The molecule has 1 unspecified atom stereocenters. The normalized spacial score (nSPS) is 34.4. The lowest BCUT2D eigenvalue weighted by Crippen LogP contribution is -2.69. The van der Waals surface area contributed by atoms with Crippen molar-refractivity contribution in [3.8, 4) is 0 Å². The van der Waals surface area contributed by atoms with Gasteiger partial charge in [-0.1, -0.05) is 5.21 Å². The zero-order chi connectivity index (χ0) is 51.0. The summed E-state index contributed by atoms with van der Waals surface area (Å²) in [5.74, 6) is -2.47. The molecular formula is C44H65FN10O16. The number of anilines is 1. The van der Waals surface area contributed by atoms with E-state index >= 15 is 4.39 Å². The van der Waals surface area contributed by atoms with E-state index in [4.69, 9.17) is 36.1 Å². The van der Waals surface area contributed by atoms with Crippen molar-refractivity contribution in [2.75, 3.05) is 50.8 Å². The van der Waals surface area contributed by atoms with Gasteiger partial charge in [0.05, 0.1) is 48.2 Å². The van der Waals surface area contributed by atoms with Crippen molar-refractivity contribution < 1.29 is 78.9 Å². The SMILES string of the molecule is NC[C@H]1O[C@H](O[C@H]2[C@H](O)[C@@H](O[C@H]3O[C@H](CO)[C@@H](O)[C@H](N)[C@H]3O)[C@H](NC(=O)CCCc3cn(CC(O)CN4CCN(c5cc6c(cc5F)c(=O)c(C(=O)O)cn6C5CC5)CC4)nn3)C[C@@H]2N)[C@H](O)[C@@H](O)[C@@H]1O. The van der Waals surface area contributed by atoms with Crippen molar-refractivity contribution in [2.45, 2.75) is 149 Å². The predicted octanol–water partition coefficient (Wildman–Crippen LogP) is -5.85. The van der Waals surface area contributed by atoms with E-state index < -0.39 is 133 Å². The number of nitrogens with zero attached hydrogens (tertiary/aromatic N) is 6. The Morgan fingerprint density at radius 3 is 2.25 bits per heavy atom. The van der Waals surface area contributed by atoms with Crippen LogP contribution in [-0.2, 0) is 36.7 Å². The second-order valence-corrected chi connectivity index (χ2v) is 19.2. The van der Waals surface area contributed by atoms with Crippen LogP contribution in [0.3, 0.4) is 0 Å². The fraction of sp³-hybridized carbons (Fsp3) is 0.705. The summed E-state index contributed by atoms with van der Waals surface area (Å²) in [5, 5.41) is 106. The van der Waals surface area contributed by atoms with Crippen LogP contribution in [-0.4, -0.2) is 226 Å². The molecule has 3 aliphatic heterocycles. The van der Waals surface area contributed by atoms with Crippen LogP contribution in [0.15, 0.2) is 29.3 Å². The number of aliphatic hydroxyl groups excluding tert-OH is 8. The van der Waals surface area contributed by atoms with Crippen LogP contribution in [0.1, 0.15) is 54.2 Å². The number of piperazine rings is 1. The number of amides is 1. The highest BCUT2D eigenvalue weighted by atomic mass is 19.1. The second-order valence-electron chi connectivity index (χ2n) is 19.2. The lowest BCUT2D eigenvalue weighted by Gasteiger charge is -2.48. The second kappa shape index (κ2) is 22.4. The number of pyridine rings is 1. The van der Waals surface area contributed by atoms with Gasteiger partial charge in [-0.15, -0.1) is 5.10 Å². The first-order valence-corrected chi connectivity index (χ1v) is 23.8. The summed E-state index contributed by atoms with van der Waals surface area (Å²) in [6, 6.07) is -0.654. The Kier molecular flexibility index (Phi) is 16.7. The van der Waals surface area contributed by atoms with Gasteiger partial charge in [-0.3, -0.25) is 14.5 Å². The topological polar surface area (TPSA) is 402 Å². The first-order valence-electron chi connectivity index (χ1n) is 23.8. The maximum absolute atomic E-state index is 15.5. The molecule has 0 spiro atoms. The summed E-state index contributed by atoms with van der Waals surface area (Å²) >= 11 is 0. The van der Waals surface area contributed by atoms with Crippen LogP contribution >= 0.6 is 0 Å².